The fourth-order valence-corrected chi connectivity index (χ4v) is 6.52. The number of hydrogen-bond donors (Lipinski definition) is 3. The minimum Gasteiger partial charge on any atom is -0.508 e. The lowest BCUT2D eigenvalue weighted by molar-refractivity contribution is -0.131. The first-order valence-corrected chi connectivity index (χ1v) is 11.0. The number of hydrogen-bond acceptors (Lipinski definition) is 3. The fourth-order valence-electron chi connectivity index (χ4n) is 6.52. The van der Waals surface area contributed by atoms with Crippen LogP contribution in [0.4, 0.5) is 11.4 Å². The van der Waals surface area contributed by atoms with Gasteiger partial charge in [-0.3, -0.25) is 0 Å². The lowest BCUT2D eigenvalue weighted by Gasteiger charge is -2.46. The third-order valence-electron chi connectivity index (χ3n) is 7.77. The monoisotopic (exact) mass is 403 g/mol. The molecule has 30 heavy (non-hydrogen) atoms. The molecule has 3 saturated carbocycles. The number of aromatic hydroxyl groups is 1. The zero-order chi connectivity index (χ0) is 20.9. The van der Waals surface area contributed by atoms with Gasteiger partial charge in [0.2, 0.25) is 0 Å². The van der Waals surface area contributed by atoms with Crippen LogP contribution in [0.2, 0.25) is 0 Å². The van der Waals surface area contributed by atoms with Crippen LogP contribution in [0.15, 0.2) is 48.5 Å². The smallest absolute Gasteiger partial charge is 0.328 e. The van der Waals surface area contributed by atoms with Gasteiger partial charge in [0, 0.05) is 23.0 Å². The van der Waals surface area contributed by atoms with Gasteiger partial charge in [0.05, 0.1) is 0 Å². The third-order valence-corrected chi connectivity index (χ3v) is 7.77. The maximum atomic E-state index is 10.7. The van der Waals surface area contributed by atoms with E-state index in [0.29, 0.717) is 5.75 Å². The summed E-state index contributed by atoms with van der Waals surface area (Å²) in [6.45, 7) is 2.35. The molecule has 0 aliphatic heterocycles. The molecule has 2 aromatic rings. The number of carbonyl (C=O) groups is 1. The number of carboxylic acid groups (broad SMARTS) is 1. The predicted molar refractivity (Wildman–Crippen MR) is 119 cm³/mol. The van der Waals surface area contributed by atoms with E-state index < -0.39 is 5.97 Å². The summed E-state index contributed by atoms with van der Waals surface area (Å²) in [5, 5.41) is 22.9. The minimum absolute atomic E-state index is 0.0305. The van der Waals surface area contributed by atoms with Crippen molar-refractivity contribution in [2.45, 2.75) is 44.4 Å². The van der Waals surface area contributed by atoms with Crippen molar-refractivity contribution in [3.05, 3.63) is 59.7 Å². The zero-order valence-corrected chi connectivity index (χ0v) is 17.3. The van der Waals surface area contributed by atoms with Crippen molar-refractivity contribution >= 4 is 23.4 Å². The van der Waals surface area contributed by atoms with Crippen LogP contribution in [0.1, 0.15) is 50.2 Å². The molecule has 5 unspecified atom stereocenters. The van der Waals surface area contributed by atoms with Crippen molar-refractivity contribution < 1.29 is 15.0 Å². The maximum Gasteiger partial charge on any atom is 0.328 e. The van der Waals surface area contributed by atoms with E-state index >= 15 is 0 Å². The maximum absolute atomic E-state index is 10.7. The van der Waals surface area contributed by atoms with Crippen LogP contribution in [0, 0.1) is 23.7 Å². The van der Waals surface area contributed by atoms with Crippen LogP contribution in [-0.4, -0.2) is 16.2 Å². The highest BCUT2D eigenvalue weighted by molar-refractivity contribution is 5.85. The summed E-state index contributed by atoms with van der Waals surface area (Å²) in [5.74, 6) is 3.01. The van der Waals surface area contributed by atoms with Crippen LogP contribution in [0.25, 0.3) is 6.08 Å². The molecule has 0 aromatic heterocycles. The van der Waals surface area contributed by atoms with Crippen LogP contribution in [0.3, 0.4) is 0 Å². The molecular weight excluding hydrogens is 374 g/mol. The molecule has 3 aliphatic rings. The molecule has 4 heteroatoms. The molecule has 3 fully saturated rings. The highest BCUT2D eigenvalue weighted by atomic mass is 16.4. The summed E-state index contributed by atoms with van der Waals surface area (Å²) >= 11 is 0. The van der Waals surface area contributed by atoms with Crippen molar-refractivity contribution in [3.63, 3.8) is 0 Å². The predicted octanol–water partition coefficient (Wildman–Crippen LogP) is 5.95. The number of fused-ring (bicyclic) bond motifs is 1. The Morgan fingerprint density at radius 2 is 1.80 bits per heavy atom. The van der Waals surface area contributed by atoms with E-state index in [1.54, 1.807) is 6.08 Å². The van der Waals surface area contributed by atoms with E-state index in [-0.39, 0.29) is 5.41 Å². The Labute approximate surface area is 177 Å². The molecule has 0 radical (unpaired) electrons. The van der Waals surface area contributed by atoms with Crippen molar-refractivity contribution in [2.75, 3.05) is 5.32 Å². The van der Waals surface area contributed by atoms with Crippen molar-refractivity contribution in [1.29, 1.82) is 0 Å². The molecule has 5 rings (SSSR count). The summed E-state index contributed by atoms with van der Waals surface area (Å²) in [5.41, 5.74) is 3.85. The van der Waals surface area contributed by atoms with E-state index in [1.807, 2.05) is 36.4 Å². The van der Waals surface area contributed by atoms with E-state index in [2.05, 4.69) is 18.3 Å². The second-order valence-corrected chi connectivity index (χ2v) is 9.88. The number of anilines is 2. The molecule has 3 aliphatic carbocycles. The van der Waals surface area contributed by atoms with Gasteiger partial charge < -0.3 is 15.5 Å². The van der Waals surface area contributed by atoms with E-state index in [0.717, 1.165) is 52.2 Å². The topological polar surface area (TPSA) is 69.6 Å². The van der Waals surface area contributed by atoms with Gasteiger partial charge in [-0.2, -0.15) is 0 Å². The Kier molecular flexibility index (Phi) is 4.61. The Balaban J connectivity index is 1.37. The van der Waals surface area contributed by atoms with Crippen LogP contribution in [0.5, 0.6) is 5.75 Å². The molecule has 0 saturated heterocycles. The van der Waals surface area contributed by atoms with Gasteiger partial charge in [-0.05, 0) is 103 Å². The Hall–Kier alpha value is -2.75. The molecule has 2 bridgehead atoms. The lowest BCUT2D eigenvalue weighted by atomic mass is 9.59. The van der Waals surface area contributed by atoms with E-state index in [9.17, 15) is 9.90 Å². The molecule has 4 nitrogen and oxygen atoms in total. The number of nitrogens with one attached hydrogen (secondary N) is 1. The molecular formula is C26H29NO3. The van der Waals surface area contributed by atoms with Gasteiger partial charge in [-0.15, -0.1) is 0 Å². The Morgan fingerprint density at radius 3 is 2.57 bits per heavy atom. The van der Waals surface area contributed by atoms with Crippen LogP contribution in [-0.2, 0) is 10.2 Å². The van der Waals surface area contributed by atoms with Gasteiger partial charge in [0.1, 0.15) is 5.75 Å². The quantitative estimate of drug-likeness (QED) is 0.426. The van der Waals surface area contributed by atoms with Crippen molar-refractivity contribution in [1.82, 2.24) is 0 Å². The second-order valence-electron chi connectivity index (χ2n) is 9.88. The first kappa shape index (κ1) is 19.2. The third kappa shape index (κ3) is 3.49. The van der Waals surface area contributed by atoms with E-state index in [4.69, 9.17) is 5.11 Å². The van der Waals surface area contributed by atoms with Crippen LogP contribution < -0.4 is 5.32 Å². The summed E-state index contributed by atoms with van der Waals surface area (Å²) in [7, 11) is 0. The molecule has 0 heterocycles. The number of aliphatic carboxylic acids is 1. The van der Waals surface area contributed by atoms with Gasteiger partial charge in [0.25, 0.3) is 0 Å². The van der Waals surface area contributed by atoms with Gasteiger partial charge in [0.15, 0.2) is 0 Å². The van der Waals surface area contributed by atoms with Gasteiger partial charge >= 0.3 is 5.97 Å². The van der Waals surface area contributed by atoms with Gasteiger partial charge in [-0.25, -0.2) is 4.79 Å². The van der Waals surface area contributed by atoms with Crippen molar-refractivity contribution in [2.24, 2.45) is 23.7 Å². The lowest BCUT2D eigenvalue weighted by Crippen LogP contribution is -2.38. The average Bonchev–Trinajstić information content (AvgIpc) is 2.96. The zero-order valence-electron chi connectivity index (χ0n) is 17.3. The number of phenols is 1. The molecule has 3 N–H and O–H groups in total. The molecule has 156 valence electrons. The average molecular weight is 404 g/mol. The molecule has 2 aromatic carbocycles. The fraction of sp³-hybridized carbons (Fsp3) is 0.423. The Morgan fingerprint density at radius 1 is 1.03 bits per heavy atom. The first-order valence-electron chi connectivity index (χ1n) is 11.0. The summed E-state index contributed by atoms with van der Waals surface area (Å²) in [6, 6.07) is 13.5. The molecule has 0 amide bonds. The largest absolute Gasteiger partial charge is 0.508 e. The number of rotatable bonds is 5. The number of phenolic OH excluding ortho intramolecular Hbond substituents is 1. The van der Waals surface area contributed by atoms with Gasteiger partial charge in [-0.1, -0.05) is 19.1 Å². The summed E-state index contributed by atoms with van der Waals surface area (Å²) in [4.78, 5) is 10.7. The van der Waals surface area contributed by atoms with Crippen LogP contribution >= 0.6 is 0 Å². The second kappa shape index (κ2) is 7.19. The standard InChI is InChI=1S/C26H29NO3/c1-26(14-17-10-18-12-19(15-26)22(18)11-17)23-13-21(7-8-24(23)28)27-20-5-2-16(3-6-20)4-9-25(29)30/h2-9,13,17-19,22,27-28H,10-12,14-15H2,1H3,(H,29,30)/b9-4+. The number of carboxylic acids is 1. The van der Waals surface area contributed by atoms with Crippen molar-refractivity contribution in [3.8, 4) is 5.75 Å². The summed E-state index contributed by atoms with van der Waals surface area (Å²) in [6.07, 6.45) is 9.25. The summed E-state index contributed by atoms with van der Waals surface area (Å²) < 4.78 is 0. The SMILES string of the molecule is CC1(c2cc(Nc3ccc(/C=C/C(=O)O)cc3)ccc2O)CC2CC3CC(C1)C3C2. The highest BCUT2D eigenvalue weighted by Crippen LogP contribution is 2.62. The van der Waals surface area contributed by atoms with E-state index in [1.165, 1.54) is 32.1 Å². The molecule has 0 spiro atoms. The highest BCUT2D eigenvalue weighted by Gasteiger charge is 2.53. The first-order chi connectivity index (χ1) is 14.4. The molecule has 5 atom stereocenters. The normalized spacial score (nSPS) is 31.9. The number of benzene rings is 2. The Bertz CT molecular complexity index is 990. The minimum atomic E-state index is -0.952.